The van der Waals surface area contributed by atoms with Crippen LogP contribution >= 0.6 is 0 Å². The molecule has 4 amide bonds. The van der Waals surface area contributed by atoms with Crippen LogP contribution < -0.4 is 26.6 Å². The van der Waals surface area contributed by atoms with Crippen LogP contribution in [0.2, 0.25) is 0 Å². The number of likely N-dealkylation sites (N-methyl/N-ethyl adjacent to an activating group) is 1. The van der Waals surface area contributed by atoms with Gasteiger partial charge < -0.3 is 50.6 Å². The van der Waals surface area contributed by atoms with Crippen LogP contribution in [0.15, 0.2) is 0 Å². The Balaban J connectivity index is 3.40. The third-order valence-corrected chi connectivity index (χ3v) is 9.38. The summed E-state index contributed by atoms with van der Waals surface area (Å²) in [4.78, 5) is 69.7. The number of hydrogen-bond donors (Lipinski definition) is 6. The second-order valence-electron chi connectivity index (χ2n) is 14.6. The number of aliphatic carboxylic acids is 1. The second kappa shape index (κ2) is 42.0. The zero-order chi connectivity index (χ0) is 42.7. The molecule has 0 bridgehead atoms. The average Bonchev–Trinajstić information content (AvgIpc) is 3.19. The van der Waals surface area contributed by atoms with E-state index in [1.165, 1.54) is 51.4 Å². The van der Waals surface area contributed by atoms with E-state index in [1.807, 2.05) is 0 Å². The second-order valence-corrected chi connectivity index (χ2v) is 14.6. The number of carboxylic acid groups (broad SMARTS) is 1. The van der Waals surface area contributed by atoms with Gasteiger partial charge in [-0.3, -0.25) is 28.8 Å². The number of carboxylic acids is 1. The SMILES string of the molecule is CN[C@@H](CCCCNC(=O)COCCOCCNC(=O)COCCOCCNC(=O)CCCNC(=O)CCCCCCCCCCCCCCCCC(=O)O)C(C)=O. The topological polar surface area (TPSA) is 220 Å². The molecular weight excluding hydrogens is 750 g/mol. The maximum atomic E-state index is 12.1. The molecule has 338 valence electrons. The highest BCUT2D eigenvalue weighted by molar-refractivity contribution is 5.81. The third kappa shape index (κ3) is 41.0. The zero-order valence-corrected chi connectivity index (χ0v) is 35.9. The van der Waals surface area contributed by atoms with Crippen molar-refractivity contribution in [2.24, 2.45) is 0 Å². The first-order valence-corrected chi connectivity index (χ1v) is 21.9. The van der Waals surface area contributed by atoms with E-state index in [4.69, 9.17) is 24.1 Å². The molecule has 0 fully saturated rings. The number of unbranched alkanes of at least 4 members (excludes halogenated alkanes) is 14. The normalized spacial score (nSPS) is 11.6. The number of carbonyl (C=O) groups excluding carboxylic acids is 5. The fraction of sp³-hybridized carbons (Fsp3) is 0.857. The van der Waals surface area contributed by atoms with Gasteiger partial charge in [-0.2, -0.15) is 0 Å². The van der Waals surface area contributed by atoms with Crippen molar-refractivity contribution >= 4 is 35.4 Å². The van der Waals surface area contributed by atoms with Gasteiger partial charge in [0.05, 0.1) is 45.7 Å². The number of Topliss-reactive ketones (excluding diaryl/α,β-unsaturated/α-hetero) is 1. The lowest BCUT2D eigenvalue weighted by Gasteiger charge is -2.12. The number of rotatable bonds is 44. The van der Waals surface area contributed by atoms with Crippen molar-refractivity contribution in [3.05, 3.63) is 0 Å². The molecule has 6 N–H and O–H groups in total. The molecule has 0 heterocycles. The Morgan fingerprint density at radius 2 is 0.810 bits per heavy atom. The number of nitrogens with one attached hydrogen (secondary N) is 5. The molecule has 0 spiro atoms. The van der Waals surface area contributed by atoms with E-state index in [1.54, 1.807) is 14.0 Å². The van der Waals surface area contributed by atoms with Crippen LogP contribution in [-0.4, -0.2) is 133 Å². The molecule has 0 radical (unpaired) electrons. The molecule has 0 aliphatic rings. The van der Waals surface area contributed by atoms with Gasteiger partial charge in [0.1, 0.15) is 19.0 Å². The third-order valence-electron chi connectivity index (χ3n) is 9.38. The van der Waals surface area contributed by atoms with Crippen LogP contribution in [0.3, 0.4) is 0 Å². The molecule has 0 aromatic rings. The standard InChI is InChI=1S/C42H79N5O11/c1-36(48)37(43-2)20-17-18-24-45-40(51)34-57-32-31-56-29-27-47-41(52)35-58-33-30-55-28-26-46-39(50)22-19-25-44-38(49)21-15-13-11-9-7-5-3-4-6-8-10-12-14-16-23-42(53)54/h37,43H,3-35H2,1-2H3,(H,44,49)(H,45,51)(H,46,50)(H,47,52)(H,53,54)/t37-/m0/s1. The maximum Gasteiger partial charge on any atom is 0.303 e. The molecule has 16 heteroatoms. The molecule has 58 heavy (non-hydrogen) atoms. The monoisotopic (exact) mass is 830 g/mol. The Morgan fingerprint density at radius 3 is 1.28 bits per heavy atom. The van der Waals surface area contributed by atoms with Crippen molar-refractivity contribution in [1.82, 2.24) is 26.6 Å². The van der Waals surface area contributed by atoms with Crippen LogP contribution in [0.25, 0.3) is 0 Å². The van der Waals surface area contributed by atoms with Crippen LogP contribution in [0.1, 0.15) is 142 Å². The van der Waals surface area contributed by atoms with E-state index in [9.17, 15) is 28.8 Å². The first-order chi connectivity index (χ1) is 28.1. The van der Waals surface area contributed by atoms with Gasteiger partial charge in [0.15, 0.2) is 0 Å². The summed E-state index contributed by atoms with van der Waals surface area (Å²) in [6.45, 7) is 4.78. The number of hydrogen-bond acceptors (Lipinski definition) is 11. The molecule has 0 saturated carbocycles. The van der Waals surface area contributed by atoms with Crippen molar-refractivity contribution in [3.63, 3.8) is 0 Å². The highest BCUT2D eigenvalue weighted by Crippen LogP contribution is 2.14. The lowest BCUT2D eigenvalue weighted by molar-refractivity contribution is -0.137. The Morgan fingerprint density at radius 1 is 0.431 bits per heavy atom. The van der Waals surface area contributed by atoms with Gasteiger partial charge in [0.25, 0.3) is 0 Å². The highest BCUT2D eigenvalue weighted by atomic mass is 16.5. The number of carbonyl (C=O) groups is 6. The average molecular weight is 830 g/mol. The first-order valence-electron chi connectivity index (χ1n) is 21.9. The Hall–Kier alpha value is -3.18. The van der Waals surface area contributed by atoms with E-state index < -0.39 is 5.97 Å². The van der Waals surface area contributed by atoms with E-state index in [0.717, 1.165) is 57.8 Å². The Labute approximate surface area is 348 Å². The molecule has 0 unspecified atom stereocenters. The van der Waals surface area contributed by atoms with Gasteiger partial charge in [-0.15, -0.1) is 0 Å². The van der Waals surface area contributed by atoms with Crippen molar-refractivity contribution < 1.29 is 52.8 Å². The summed E-state index contributed by atoms with van der Waals surface area (Å²) < 4.78 is 21.4. The summed E-state index contributed by atoms with van der Waals surface area (Å²) >= 11 is 0. The predicted molar refractivity (Wildman–Crippen MR) is 223 cm³/mol. The minimum atomic E-state index is -0.696. The van der Waals surface area contributed by atoms with Gasteiger partial charge in [-0.1, -0.05) is 77.0 Å². The lowest BCUT2D eigenvalue weighted by atomic mass is 10.0. The zero-order valence-electron chi connectivity index (χ0n) is 35.9. The summed E-state index contributed by atoms with van der Waals surface area (Å²) in [6.07, 6.45) is 20.2. The van der Waals surface area contributed by atoms with Crippen LogP contribution in [0.4, 0.5) is 0 Å². The van der Waals surface area contributed by atoms with Gasteiger partial charge in [0.2, 0.25) is 23.6 Å². The fourth-order valence-electron chi connectivity index (χ4n) is 5.99. The summed E-state index contributed by atoms with van der Waals surface area (Å²) in [5.41, 5.74) is 0. The van der Waals surface area contributed by atoms with Gasteiger partial charge >= 0.3 is 5.97 Å². The molecule has 1 atom stereocenters. The molecule has 0 aliphatic heterocycles. The van der Waals surface area contributed by atoms with Gasteiger partial charge in [0, 0.05) is 45.4 Å². The Kier molecular flexibility index (Phi) is 39.7. The van der Waals surface area contributed by atoms with E-state index in [0.29, 0.717) is 71.7 Å². The van der Waals surface area contributed by atoms with Gasteiger partial charge in [-0.05, 0) is 52.5 Å². The van der Waals surface area contributed by atoms with E-state index in [2.05, 4.69) is 26.6 Å². The van der Waals surface area contributed by atoms with Crippen LogP contribution in [-0.2, 0) is 47.7 Å². The summed E-state index contributed by atoms with van der Waals surface area (Å²) in [6, 6.07) is -0.139. The minimum absolute atomic E-state index is 0.0387. The largest absolute Gasteiger partial charge is 0.481 e. The molecular formula is C42H79N5O11. The maximum absolute atomic E-state index is 12.1. The van der Waals surface area contributed by atoms with Crippen molar-refractivity contribution in [2.75, 3.05) is 86.1 Å². The molecule has 0 aromatic carbocycles. The van der Waals surface area contributed by atoms with E-state index >= 15 is 0 Å². The number of ether oxygens (including phenoxy) is 4. The molecule has 0 aliphatic carbocycles. The van der Waals surface area contributed by atoms with Gasteiger partial charge in [-0.25, -0.2) is 0 Å². The number of ketones is 1. The molecule has 16 nitrogen and oxygen atoms in total. The van der Waals surface area contributed by atoms with E-state index in [-0.39, 0.29) is 68.5 Å². The van der Waals surface area contributed by atoms with Crippen molar-refractivity contribution in [1.29, 1.82) is 0 Å². The quantitative estimate of drug-likeness (QED) is 0.0481. The summed E-state index contributed by atoms with van der Waals surface area (Å²) in [5, 5.41) is 22.8. The van der Waals surface area contributed by atoms with Crippen molar-refractivity contribution in [2.45, 2.75) is 148 Å². The Bertz CT molecular complexity index is 1070. The fourth-order valence-corrected chi connectivity index (χ4v) is 5.99. The first kappa shape index (κ1) is 54.8. The molecule has 0 saturated heterocycles. The highest BCUT2D eigenvalue weighted by Gasteiger charge is 2.11. The number of amides is 4. The summed E-state index contributed by atoms with van der Waals surface area (Å²) in [7, 11) is 1.76. The van der Waals surface area contributed by atoms with Crippen molar-refractivity contribution in [3.8, 4) is 0 Å². The molecule has 0 aromatic heterocycles. The minimum Gasteiger partial charge on any atom is -0.481 e. The predicted octanol–water partition coefficient (Wildman–Crippen LogP) is 3.97. The van der Waals surface area contributed by atoms with Crippen LogP contribution in [0.5, 0.6) is 0 Å². The molecule has 0 rings (SSSR count). The summed E-state index contributed by atoms with van der Waals surface area (Å²) in [5.74, 6) is -1.12. The smallest absolute Gasteiger partial charge is 0.303 e. The lowest BCUT2D eigenvalue weighted by Crippen LogP contribution is -2.33. The van der Waals surface area contributed by atoms with Crippen LogP contribution in [0, 0.1) is 0 Å².